The summed E-state index contributed by atoms with van der Waals surface area (Å²) in [5.74, 6) is 0. The first-order valence-corrected chi connectivity index (χ1v) is 8.23. The van der Waals surface area contributed by atoms with E-state index in [0.29, 0.717) is 10.8 Å². The number of hydrogen-bond acceptors (Lipinski definition) is 4. The lowest BCUT2D eigenvalue weighted by Crippen LogP contribution is -2.01. The predicted molar refractivity (Wildman–Crippen MR) is 90.4 cm³/mol. The van der Waals surface area contributed by atoms with E-state index in [0.717, 1.165) is 0 Å². The van der Waals surface area contributed by atoms with Gasteiger partial charge in [0.25, 0.3) is 0 Å². The molecule has 6 heteroatoms. The van der Waals surface area contributed by atoms with Gasteiger partial charge >= 0.3 is 0 Å². The Balaban J connectivity index is 5.48. The average Bonchev–Trinajstić information content (AvgIpc) is 2.40. The molecule has 0 spiro atoms. The van der Waals surface area contributed by atoms with Gasteiger partial charge in [-0.15, -0.1) is 0 Å². The van der Waals surface area contributed by atoms with Crippen LogP contribution in [-0.4, -0.2) is 19.8 Å². The molecule has 20 heavy (non-hydrogen) atoms. The second-order valence-electron chi connectivity index (χ2n) is 3.05. The van der Waals surface area contributed by atoms with E-state index >= 15 is 0 Å². The molecule has 0 aromatic carbocycles. The molecular formula is C14H16N2O2S2. The number of rotatable bonds is 7. The highest BCUT2D eigenvalue weighted by atomic mass is 33.1. The fourth-order valence-electron chi connectivity index (χ4n) is 0.918. The van der Waals surface area contributed by atoms with Crippen molar-refractivity contribution < 1.29 is 8.42 Å². The maximum absolute atomic E-state index is 12.2. The molecule has 0 unspecified atom stereocenters. The molecule has 0 N–H and O–H groups in total. The molecule has 0 bridgehead atoms. The van der Waals surface area contributed by atoms with Gasteiger partial charge < -0.3 is 0 Å². The van der Waals surface area contributed by atoms with Crippen molar-refractivity contribution in [1.82, 2.24) is 0 Å². The van der Waals surface area contributed by atoms with Crippen molar-refractivity contribution in [3.8, 4) is 0 Å². The summed E-state index contributed by atoms with van der Waals surface area (Å²) in [5, 5.41) is 0.0434. The van der Waals surface area contributed by atoms with Crippen LogP contribution >= 0.6 is 10.8 Å². The highest BCUT2D eigenvalue weighted by molar-refractivity contribution is 8.79. The van der Waals surface area contributed by atoms with Gasteiger partial charge in [-0.1, -0.05) is 50.6 Å². The molecule has 0 amide bonds. The summed E-state index contributed by atoms with van der Waals surface area (Å²) in [5.41, 5.74) is 0. The van der Waals surface area contributed by atoms with Gasteiger partial charge in [-0.05, 0) is 12.2 Å². The van der Waals surface area contributed by atoms with E-state index in [1.807, 2.05) is 0 Å². The first-order valence-electron chi connectivity index (χ1n) is 5.42. The smallest absolute Gasteiger partial charge is 0.231 e. The molecule has 0 atom stereocenters. The molecule has 0 radical (unpaired) electrons. The third-order valence-corrected chi connectivity index (χ3v) is 4.76. The van der Waals surface area contributed by atoms with Crippen LogP contribution in [0, 0.1) is 0 Å². The van der Waals surface area contributed by atoms with Crippen molar-refractivity contribution in [1.29, 1.82) is 0 Å². The Bertz CT molecular complexity index is 595. The molecule has 0 aliphatic carbocycles. The van der Waals surface area contributed by atoms with Crippen molar-refractivity contribution in [3.05, 3.63) is 73.9 Å². The van der Waals surface area contributed by atoms with Crippen LogP contribution in [0.2, 0.25) is 0 Å². The zero-order valence-corrected chi connectivity index (χ0v) is 12.6. The van der Waals surface area contributed by atoms with Gasteiger partial charge in [0.15, 0.2) is 0 Å². The molecule has 0 rings (SSSR count). The third kappa shape index (κ3) is 6.86. The number of nitrogens with zero attached hydrogens (tertiary/aromatic N) is 2. The fourth-order valence-corrected chi connectivity index (χ4v) is 3.41. The molecule has 0 aliphatic heterocycles. The molecule has 0 heterocycles. The van der Waals surface area contributed by atoms with E-state index < -0.39 is 8.87 Å². The zero-order valence-electron chi connectivity index (χ0n) is 11.0. The van der Waals surface area contributed by atoms with Gasteiger partial charge in [-0.2, -0.15) is 0 Å². The molecule has 0 aliphatic rings. The van der Waals surface area contributed by atoms with Crippen LogP contribution in [0.25, 0.3) is 0 Å². The molecule has 106 valence electrons. The minimum atomic E-state index is -3.66. The molecule has 0 saturated heterocycles. The molecule has 0 saturated carbocycles. The van der Waals surface area contributed by atoms with E-state index in [2.05, 4.69) is 36.3 Å². The SMILES string of the molecule is C=C/C=C\C(=C/C=C)S(=O)(=O)SC(/N=C\C=C)=N/C=C. The van der Waals surface area contributed by atoms with E-state index in [1.165, 1.54) is 48.9 Å². The Hall–Kier alpha value is -1.92. The van der Waals surface area contributed by atoms with Crippen LogP contribution in [-0.2, 0) is 8.87 Å². The van der Waals surface area contributed by atoms with Crippen molar-refractivity contribution in [2.75, 3.05) is 0 Å². The van der Waals surface area contributed by atoms with Crippen LogP contribution < -0.4 is 0 Å². The van der Waals surface area contributed by atoms with Gasteiger partial charge in [0, 0.05) is 23.2 Å². The zero-order chi connectivity index (χ0) is 15.4. The first-order chi connectivity index (χ1) is 9.51. The summed E-state index contributed by atoms with van der Waals surface area (Å²) >= 11 is 0. The normalized spacial score (nSPS) is 13.6. The van der Waals surface area contributed by atoms with Crippen LogP contribution in [0.5, 0.6) is 0 Å². The minimum absolute atomic E-state index is 0.0434. The Morgan fingerprint density at radius 2 is 1.75 bits per heavy atom. The predicted octanol–water partition coefficient (Wildman–Crippen LogP) is 3.62. The molecule has 4 nitrogen and oxygen atoms in total. The lowest BCUT2D eigenvalue weighted by Gasteiger charge is -2.03. The lowest BCUT2D eigenvalue weighted by molar-refractivity contribution is 0.616. The monoisotopic (exact) mass is 308 g/mol. The maximum Gasteiger partial charge on any atom is 0.237 e. The first kappa shape index (κ1) is 18.1. The topological polar surface area (TPSA) is 58.9 Å². The minimum Gasteiger partial charge on any atom is -0.231 e. The second kappa shape index (κ2) is 9.94. The van der Waals surface area contributed by atoms with Crippen LogP contribution in [0.1, 0.15) is 0 Å². The number of amidine groups is 1. The summed E-state index contributed by atoms with van der Waals surface area (Å²) in [6.45, 7) is 13.9. The van der Waals surface area contributed by atoms with Crippen molar-refractivity contribution >= 4 is 31.0 Å². The average molecular weight is 308 g/mol. The van der Waals surface area contributed by atoms with E-state index in [-0.39, 0.29) is 10.1 Å². The second-order valence-corrected chi connectivity index (χ2v) is 6.77. The Morgan fingerprint density at radius 1 is 1.05 bits per heavy atom. The number of allylic oxidation sites excluding steroid dienone is 6. The fraction of sp³-hybridized carbons (Fsp3) is 0. The quantitative estimate of drug-likeness (QED) is 0.312. The maximum atomic E-state index is 12.2. The standard InChI is InChI=1S/C14H16N2O2S2/c1-5-9-11-13(10-6-2)20(17,18)19-14(15-8-4)16-12-7-3/h5-12H,1-4H2/b11-9-,13-10+,15-14+,16-12-. The Morgan fingerprint density at radius 3 is 2.25 bits per heavy atom. The van der Waals surface area contributed by atoms with Crippen LogP contribution in [0.3, 0.4) is 0 Å². The molecular weight excluding hydrogens is 292 g/mol. The highest BCUT2D eigenvalue weighted by Crippen LogP contribution is 2.25. The van der Waals surface area contributed by atoms with E-state index in [9.17, 15) is 8.42 Å². The summed E-state index contributed by atoms with van der Waals surface area (Å²) < 4.78 is 24.4. The van der Waals surface area contributed by atoms with Crippen LogP contribution in [0.15, 0.2) is 83.9 Å². The van der Waals surface area contributed by atoms with Crippen molar-refractivity contribution in [2.24, 2.45) is 9.98 Å². The van der Waals surface area contributed by atoms with Crippen molar-refractivity contribution in [3.63, 3.8) is 0 Å². The summed E-state index contributed by atoms with van der Waals surface area (Å²) in [6.07, 6.45) is 11.2. The van der Waals surface area contributed by atoms with Gasteiger partial charge in [0.05, 0.1) is 4.91 Å². The van der Waals surface area contributed by atoms with Gasteiger partial charge in [-0.25, -0.2) is 18.4 Å². The number of aliphatic imine (C=N–C) groups is 2. The number of hydrogen-bond donors (Lipinski definition) is 0. The van der Waals surface area contributed by atoms with Crippen molar-refractivity contribution in [2.45, 2.75) is 0 Å². The Kier molecular flexibility index (Phi) is 8.98. The summed E-state index contributed by atoms with van der Waals surface area (Å²) in [7, 11) is -3.15. The third-order valence-electron chi connectivity index (χ3n) is 1.64. The van der Waals surface area contributed by atoms with Gasteiger partial charge in [0.2, 0.25) is 14.0 Å². The summed E-state index contributed by atoms with van der Waals surface area (Å²) in [4.78, 5) is 7.73. The van der Waals surface area contributed by atoms with Crippen LogP contribution in [0.4, 0.5) is 0 Å². The van der Waals surface area contributed by atoms with Gasteiger partial charge in [0.1, 0.15) is 0 Å². The van der Waals surface area contributed by atoms with Gasteiger partial charge in [-0.3, -0.25) is 0 Å². The molecule has 0 aromatic rings. The van der Waals surface area contributed by atoms with E-state index in [4.69, 9.17) is 0 Å². The van der Waals surface area contributed by atoms with E-state index in [1.54, 1.807) is 0 Å². The Labute approximate surface area is 123 Å². The lowest BCUT2D eigenvalue weighted by atomic mass is 10.4. The molecule has 0 aromatic heterocycles. The highest BCUT2D eigenvalue weighted by Gasteiger charge is 2.19. The largest absolute Gasteiger partial charge is 0.237 e. The summed E-state index contributed by atoms with van der Waals surface area (Å²) in [6, 6.07) is 0. The molecule has 0 fully saturated rings.